The van der Waals surface area contributed by atoms with E-state index in [9.17, 15) is 0 Å². The summed E-state index contributed by atoms with van der Waals surface area (Å²) in [6.45, 7) is 4.50. The number of aryl methyl sites for hydroxylation is 2. The molecule has 1 aliphatic carbocycles. The molecule has 18 heavy (non-hydrogen) atoms. The van der Waals surface area contributed by atoms with E-state index < -0.39 is 0 Å². The van der Waals surface area contributed by atoms with Crippen LogP contribution in [0.4, 0.5) is 0 Å². The Morgan fingerprint density at radius 1 is 1.50 bits per heavy atom. The molecule has 1 aromatic rings. The fourth-order valence-electron chi connectivity index (χ4n) is 3.18. The number of nitrogens with one attached hydrogen (secondary N) is 1. The fourth-order valence-corrected chi connectivity index (χ4v) is 3.18. The number of nitrogens with zero attached hydrogens (tertiary/aromatic N) is 2. The van der Waals surface area contributed by atoms with Crippen LogP contribution in [0, 0.1) is 5.41 Å². The molecule has 1 atom stereocenters. The molecule has 4 nitrogen and oxygen atoms in total. The largest absolute Gasteiger partial charge is 0.272 e. The minimum absolute atomic E-state index is 0.339. The van der Waals surface area contributed by atoms with Crippen LogP contribution < -0.4 is 11.3 Å². The highest BCUT2D eigenvalue weighted by Crippen LogP contribution is 2.41. The number of rotatable bonds is 5. The number of hydrogen-bond acceptors (Lipinski definition) is 3. The Bertz CT molecular complexity index is 390. The van der Waals surface area contributed by atoms with Crippen LogP contribution in [0.1, 0.15) is 50.9 Å². The summed E-state index contributed by atoms with van der Waals surface area (Å²) >= 11 is 0. The smallest absolute Gasteiger partial charge is 0.0624 e. The predicted octanol–water partition coefficient (Wildman–Crippen LogP) is 1.94. The SMILES string of the molecule is CCc1cc(CC(NN)C2(C)CCCC2)n(C)n1. The van der Waals surface area contributed by atoms with Gasteiger partial charge < -0.3 is 0 Å². The molecule has 0 saturated heterocycles. The number of aromatic nitrogens is 2. The first-order valence-corrected chi connectivity index (χ1v) is 7.07. The molecule has 0 aliphatic heterocycles. The van der Waals surface area contributed by atoms with Gasteiger partial charge in [-0.25, -0.2) is 0 Å². The van der Waals surface area contributed by atoms with Gasteiger partial charge in [0.1, 0.15) is 0 Å². The van der Waals surface area contributed by atoms with Crippen molar-refractivity contribution in [3.8, 4) is 0 Å². The maximum absolute atomic E-state index is 5.80. The lowest BCUT2D eigenvalue weighted by atomic mass is 9.79. The molecule has 1 heterocycles. The standard InChI is InChI=1S/C14H26N4/c1-4-11-9-12(18(3)17-11)10-13(16-15)14(2)7-5-6-8-14/h9,13,16H,4-8,10,15H2,1-3H3. The molecule has 1 aromatic heterocycles. The molecule has 0 amide bonds. The van der Waals surface area contributed by atoms with Crippen LogP contribution in [-0.2, 0) is 19.9 Å². The van der Waals surface area contributed by atoms with Gasteiger partial charge >= 0.3 is 0 Å². The van der Waals surface area contributed by atoms with Gasteiger partial charge in [0.2, 0.25) is 0 Å². The highest BCUT2D eigenvalue weighted by Gasteiger charge is 2.36. The minimum Gasteiger partial charge on any atom is -0.272 e. The highest BCUT2D eigenvalue weighted by atomic mass is 15.3. The minimum atomic E-state index is 0.339. The topological polar surface area (TPSA) is 55.9 Å². The van der Waals surface area contributed by atoms with Gasteiger partial charge in [-0.15, -0.1) is 0 Å². The van der Waals surface area contributed by atoms with Crippen LogP contribution in [0.5, 0.6) is 0 Å². The van der Waals surface area contributed by atoms with Crippen LogP contribution >= 0.6 is 0 Å². The lowest BCUT2D eigenvalue weighted by Gasteiger charge is -2.33. The van der Waals surface area contributed by atoms with E-state index in [1.807, 2.05) is 11.7 Å². The van der Waals surface area contributed by atoms with Crippen molar-refractivity contribution in [3.05, 3.63) is 17.5 Å². The Morgan fingerprint density at radius 3 is 2.67 bits per heavy atom. The summed E-state index contributed by atoms with van der Waals surface area (Å²) in [6, 6.07) is 2.56. The second kappa shape index (κ2) is 5.41. The van der Waals surface area contributed by atoms with Crippen molar-refractivity contribution >= 4 is 0 Å². The predicted molar refractivity (Wildman–Crippen MR) is 74.0 cm³/mol. The Kier molecular flexibility index (Phi) is 4.07. The zero-order valence-electron chi connectivity index (χ0n) is 11.9. The summed E-state index contributed by atoms with van der Waals surface area (Å²) in [6.07, 6.45) is 7.18. The molecule has 1 fully saturated rings. The molecule has 1 unspecified atom stereocenters. The lowest BCUT2D eigenvalue weighted by molar-refractivity contribution is 0.218. The monoisotopic (exact) mass is 250 g/mol. The van der Waals surface area contributed by atoms with Crippen molar-refractivity contribution < 1.29 is 0 Å². The van der Waals surface area contributed by atoms with Crippen molar-refractivity contribution in [1.82, 2.24) is 15.2 Å². The third-order valence-corrected chi connectivity index (χ3v) is 4.59. The summed E-state index contributed by atoms with van der Waals surface area (Å²) in [5.41, 5.74) is 5.83. The van der Waals surface area contributed by atoms with Crippen LogP contribution in [0.25, 0.3) is 0 Å². The van der Waals surface area contributed by atoms with Gasteiger partial charge in [-0.3, -0.25) is 16.0 Å². The first-order valence-electron chi connectivity index (χ1n) is 7.07. The van der Waals surface area contributed by atoms with Crippen LogP contribution in [0.3, 0.4) is 0 Å². The summed E-state index contributed by atoms with van der Waals surface area (Å²) in [7, 11) is 2.03. The average molecular weight is 250 g/mol. The third kappa shape index (κ3) is 2.59. The first-order chi connectivity index (χ1) is 8.59. The molecular weight excluding hydrogens is 224 g/mol. The molecule has 0 aromatic carbocycles. The number of hydrazine groups is 1. The van der Waals surface area contributed by atoms with E-state index >= 15 is 0 Å². The summed E-state index contributed by atoms with van der Waals surface area (Å²) < 4.78 is 2.00. The van der Waals surface area contributed by atoms with Crippen molar-refractivity contribution in [3.63, 3.8) is 0 Å². The van der Waals surface area contributed by atoms with Gasteiger partial charge in [0.25, 0.3) is 0 Å². The molecule has 0 spiro atoms. The van der Waals surface area contributed by atoms with Gasteiger partial charge in [0, 0.05) is 25.2 Å². The quantitative estimate of drug-likeness (QED) is 0.620. The molecule has 4 heteroatoms. The lowest BCUT2D eigenvalue weighted by Crippen LogP contribution is -2.47. The zero-order valence-corrected chi connectivity index (χ0v) is 11.9. The Labute approximate surface area is 110 Å². The van der Waals surface area contributed by atoms with Crippen LogP contribution in [-0.4, -0.2) is 15.8 Å². The van der Waals surface area contributed by atoms with Crippen LogP contribution in [0.15, 0.2) is 6.07 Å². The van der Waals surface area contributed by atoms with E-state index in [-0.39, 0.29) is 0 Å². The number of hydrogen-bond donors (Lipinski definition) is 2. The highest BCUT2D eigenvalue weighted by molar-refractivity contribution is 5.13. The molecule has 3 N–H and O–H groups in total. The fraction of sp³-hybridized carbons (Fsp3) is 0.786. The van der Waals surface area contributed by atoms with Gasteiger partial charge in [0.15, 0.2) is 0 Å². The normalized spacial score (nSPS) is 20.2. The molecule has 102 valence electrons. The number of nitrogens with two attached hydrogens (primary N) is 1. The maximum atomic E-state index is 5.80. The van der Waals surface area contributed by atoms with E-state index in [0.717, 1.165) is 12.8 Å². The summed E-state index contributed by atoms with van der Waals surface area (Å²) in [4.78, 5) is 0. The molecule has 2 rings (SSSR count). The Hall–Kier alpha value is -0.870. The Balaban J connectivity index is 2.12. The summed E-state index contributed by atoms with van der Waals surface area (Å²) in [5, 5.41) is 4.51. The van der Waals surface area contributed by atoms with Crippen molar-refractivity contribution in [2.75, 3.05) is 0 Å². The van der Waals surface area contributed by atoms with E-state index in [1.165, 1.54) is 37.1 Å². The van der Waals surface area contributed by atoms with Crippen LogP contribution in [0.2, 0.25) is 0 Å². The van der Waals surface area contributed by atoms with Gasteiger partial charge in [0.05, 0.1) is 5.69 Å². The molecule has 1 saturated carbocycles. The molecular formula is C14H26N4. The van der Waals surface area contributed by atoms with Gasteiger partial charge in [-0.05, 0) is 30.7 Å². The van der Waals surface area contributed by atoms with Gasteiger partial charge in [-0.1, -0.05) is 26.7 Å². The second-order valence-corrected chi connectivity index (χ2v) is 5.89. The van der Waals surface area contributed by atoms with E-state index in [1.54, 1.807) is 0 Å². The van der Waals surface area contributed by atoms with E-state index in [0.29, 0.717) is 11.5 Å². The molecule has 0 radical (unpaired) electrons. The first kappa shape index (κ1) is 13.6. The van der Waals surface area contributed by atoms with Gasteiger partial charge in [-0.2, -0.15) is 5.10 Å². The zero-order chi connectivity index (χ0) is 13.2. The molecule has 1 aliphatic rings. The van der Waals surface area contributed by atoms with E-state index in [4.69, 9.17) is 5.84 Å². The maximum Gasteiger partial charge on any atom is 0.0624 e. The average Bonchev–Trinajstić information content (AvgIpc) is 2.93. The molecule has 0 bridgehead atoms. The van der Waals surface area contributed by atoms with Crippen molar-refractivity contribution in [2.45, 2.75) is 58.4 Å². The third-order valence-electron chi connectivity index (χ3n) is 4.59. The second-order valence-electron chi connectivity index (χ2n) is 5.89. The Morgan fingerprint density at radius 2 is 2.17 bits per heavy atom. The van der Waals surface area contributed by atoms with E-state index in [2.05, 4.69) is 30.4 Å². The van der Waals surface area contributed by atoms with Crippen molar-refractivity contribution in [2.24, 2.45) is 18.3 Å². The summed E-state index contributed by atoms with van der Waals surface area (Å²) in [5.74, 6) is 5.80. The van der Waals surface area contributed by atoms with Crippen molar-refractivity contribution in [1.29, 1.82) is 0 Å².